The van der Waals surface area contributed by atoms with Gasteiger partial charge in [-0.25, -0.2) is 4.98 Å². The summed E-state index contributed by atoms with van der Waals surface area (Å²) in [6, 6.07) is 1.68. The molecule has 2 atom stereocenters. The highest BCUT2D eigenvalue weighted by Gasteiger charge is 2.32. The average Bonchev–Trinajstić information content (AvgIpc) is 3.01. The van der Waals surface area contributed by atoms with E-state index in [1.54, 1.807) is 11.4 Å². The molecule has 8 heteroatoms. The Morgan fingerprint density at radius 3 is 2.80 bits per heavy atom. The van der Waals surface area contributed by atoms with Gasteiger partial charge in [-0.15, -0.1) is 11.3 Å². The van der Waals surface area contributed by atoms with Gasteiger partial charge in [0.2, 0.25) is 5.91 Å². The van der Waals surface area contributed by atoms with E-state index in [0.29, 0.717) is 10.2 Å². The van der Waals surface area contributed by atoms with E-state index >= 15 is 0 Å². The van der Waals surface area contributed by atoms with Crippen molar-refractivity contribution in [3.05, 3.63) is 28.1 Å². The second-order valence-electron chi connectivity index (χ2n) is 4.75. The quantitative estimate of drug-likeness (QED) is 0.742. The molecular formula is C12H13N3O4S. The number of fused-ring (bicyclic) bond motifs is 1. The number of amides is 1. The molecule has 2 N–H and O–H groups in total. The van der Waals surface area contributed by atoms with Gasteiger partial charge < -0.3 is 15.1 Å². The Bertz CT molecular complexity index is 700. The van der Waals surface area contributed by atoms with Gasteiger partial charge in [0, 0.05) is 13.1 Å². The topological polar surface area (TPSA) is 95.7 Å². The van der Waals surface area contributed by atoms with Crippen LogP contribution in [0.1, 0.15) is 0 Å². The van der Waals surface area contributed by atoms with E-state index in [0.717, 1.165) is 0 Å². The van der Waals surface area contributed by atoms with E-state index < -0.39 is 12.2 Å². The number of nitrogens with zero attached hydrogens (tertiary/aromatic N) is 3. The number of hydrogen-bond acceptors (Lipinski definition) is 6. The van der Waals surface area contributed by atoms with E-state index in [-0.39, 0.29) is 31.1 Å². The van der Waals surface area contributed by atoms with Crippen molar-refractivity contribution < 1.29 is 15.0 Å². The molecule has 3 heterocycles. The molecule has 1 fully saturated rings. The van der Waals surface area contributed by atoms with Crippen molar-refractivity contribution in [2.75, 3.05) is 13.1 Å². The fraction of sp³-hybridized carbons (Fsp3) is 0.417. The second kappa shape index (κ2) is 4.97. The molecule has 7 nitrogen and oxygen atoms in total. The number of carbonyl (C=O) groups excluding carboxylic acids is 1. The minimum Gasteiger partial charge on any atom is -0.388 e. The summed E-state index contributed by atoms with van der Waals surface area (Å²) < 4.78 is 1.24. The van der Waals surface area contributed by atoms with Crippen LogP contribution in [0.4, 0.5) is 0 Å². The van der Waals surface area contributed by atoms with Crippen LogP contribution in [0.3, 0.4) is 0 Å². The van der Waals surface area contributed by atoms with Gasteiger partial charge in [0.1, 0.15) is 11.4 Å². The zero-order valence-electron chi connectivity index (χ0n) is 10.5. The van der Waals surface area contributed by atoms with Crippen LogP contribution in [0, 0.1) is 0 Å². The minimum atomic E-state index is -0.923. The Morgan fingerprint density at radius 2 is 2.10 bits per heavy atom. The fourth-order valence-corrected chi connectivity index (χ4v) is 2.95. The third-order valence-electron chi connectivity index (χ3n) is 3.37. The van der Waals surface area contributed by atoms with Crippen molar-refractivity contribution in [2.45, 2.75) is 18.8 Å². The molecule has 1 amide bonds. The maximum Gasteiger partial charge on any atom is 0.262 e. The van der Waals surface area contributed by atoms with Gasteiger partial charge in [0.25, 0.3) is 5.56 Å². The molecule has 0 saturated carbocycles. The van der Waals surface area contributed by atoms with E-state index in [1.807, 2.05) is 0 Å². The van der Waals surface area contributed by atoms with Gasteiger partial charge >= 0.3 is 0 Å². The van der Waals surface area contributed by atoms with E-state index in [2.05, 4.69) is 4.98 Å². The van der Waals surface area contributed by atoms with Crippen LogP contribution in [0.2, 0.25) is 0 Å². The van der Waals surface area contributed by atoms with E-state index in [9.17, 15) is 19.8 Å². The molecule has 20 heavy (non-hydrogen) atoms. The van der Waals surface area contributed by atoms with Crippen molar-refractivity contribution >= 4 is 27.5 Å². The molecule has 3 rings (SSSR count). The van der Waals surface area contributed by atoms with Gasteiger partial charge in [0.05, 0.1) is 23.9 Å². The minimum absolute atomic E-state index is 0.0862. The second-order valence-corrected chi connectivity index (χ2v) is 5.65. The Balaban J connectivity index is 1.81. The van der Waals surface area contributed by atoms with Crippen LogP contribution in [-0.2, 0) is 11.3 Å². The Hall–Kier alpha value is -1.77. The third kappa shape index (κ3) is 2.21. The number of rotatable bonds is 2. The van der Waals surface area contributed by atoms with Gasteiger partial charge in [-0.3, -0.25) is 14.2 Å². The molecule has 1 aliphatic heterocycles. The van der Waals surface area contributed by atoms with Crippen molar-refractivity contribution in [2.24, 2.45) is 0 Å². The van der Waals surface area contributed by atoms with Gasteiger partial charge in [-0.1, -0.05) is 0 Å². The lowest BCUT2D eigenvalue weighted by molar-refractivity contribution is -0.131. The maximum absolute atomic E-state index is 12.1. The molecule has 0 radical (unpaired) electrons. The molecular weight excluding hydrogens is 282 g/mol. The molecule has 0 aromatic carbocycles. The molecule has 0 bridgehead atoms. The van der Waals surface area contributed by atoms with Gasteiger partial charge in [0.15, 0.2) is 0 Å². The molecule has 2 aromatic heterocycles. The fourth-order valence-electron chi connectivity index (χ4n) is 2.22. The monoisotopic (exact) mass is 295 g/mol. The van der Waals surface area contributed by atoms with Crippen molar-refractivity contribution in [3.63, 3.8) is 0 Å². The predicted molar refractivity (Wildman–Crippen MR) is 72.5 cm³/mol. The average molecular weight is 295 g/mol. The number of likely N-dealkylation sites (tertiary alicyclic amines) is 1. The molecule has 0 spiro atoms. The summed E-state index contributed by atoms with van der Waals surface area (Å²) in [5, 5.41) is 21.1. The number of carbonyl (C=O) groups is 1. The third-order valence-corrected chi connectivity index (χ3v) is 4.19. The highest BCUT2D eigenvalue weighted by atomic mass is 32.1. The first-order valence-corrected chi connectivity index (χ1v) is 7.01. The predicted octanol–water partition coefficient (Wildman–Crippen LogP) is -0.978. The molecule has 1 aliphatic rings. The lowest BCUT2D eigenvalue weighted by Gasteiger charge is -2.15. The van der Waals surface area contributed by atoms with Crippen LogP contribution in [0.15, 0.2) is 22.6 Å². The first-order chi connectivity index (χ1) is 9.56. The molecule has 106 valence electrons. The van der Waals surface area contributed by atoms with Crippen LogP contribution >= 0.6 is 11.3 Å². The number of β-amino-alcohol motifs (C(OH)–C–C–N with tert-alkyl or cyclic N) is 2. The van der Waals surface area contributed by atoms with Crippen LogP contribution in [0.25, 0.3) is 10.2 Å². The first-order valence-electron chi connectivity index (χ1n) is 6.13. The summed E-state index contributed by atoms with van der Waals surface area (Å²) in [6.07, 6.45) is -0.497. The first kappa shape index (κ1) is 13.2. The number of aliphatic hydroxyl groups is 2. The maximum atomic E-state index is 12.1. The number of aromatic nitrogens is 2. The smallest absolute Gasteiger partial charge is 0.262 e. The zero-order chi connectivity index (χ0) is 14.3. The SMILES string of the molecule is O=C(Cn1cnc2sccc2c1=O)N1CC(O)C(O)C1. The van der Waals surface area contributed by atoms with E-state index in [1.165, 1.54) is 27.1 Å². The molecule has 1 saturated heterocycles. The summed E-state index contributed by atoms with van der Waals surface area (Å²) in [4.78, 5) is 30.3. The van der Waals surface area contributed by atoms with Crippen LogP contribution in [-0.4, -0.2) is 55.9 Å². The Kier molecular flexibility index (Phi) is 3.28. The highest BCUT2D eigenvalue weighted by molar-refractivity contribution is 7.16. The number of aliphatic hydroxyl groups excluding tert-OH is 2. The lowest BCUT2D eigenvalue weighted by atomic mass is 10.3. The standard InChI is InChI=1S/C12H13N3O4S/c16-8-3-14(4-9(8)17)10(18)5-15-6-13-11-7(12(15)19)1-2-20-11/h1-2,6,8-9,16-17H,3-5H2. The van der Waals surface area contributed by atoms with Crippen molar-refractivity contribution in [3.8, 4) is 0 Å². The van der Waals surface area contributed by atoms with E-state index in [4.69, 9.17) is 0 Å². The number of hydrogen-bond donors (Lipinski definition) is 2. The lowest BCUT2D eigenvalue weighted by Crippen LogP contribution is -2.35. The molecule has 2 aromatic rings. The van der Waals surface area contributed by atoms with Crippen molar-refractivity contribution in [1.29, 1.82) is 0 Å². The zero-order valence-corrected chi connectivity index (χ0v) is 11.3. The largest absolute Gasteiger partial charge is 0.388 e. The molecule has 0 aliphatic carbocycles. The van der Waals surface area contributed by atoms with Gasteiger partial charge in [-0.2, -0.15) is 0 Å². The number of thiophene rings is 1. The van der Waals surface area contributed by atoms with Gasteiger partial charge in [-0.05, 0) is 11.4 Å². The summed E-state index contributed by atoms with van der Waals surface area (Å²) in [5.74, 6) is -0.320. The van der Waals surface area contributed by atoms with Crippen LogP contribution < -0.4 is 5.56 Å². The highest BCUT2D eigenvalue weighted by Crippen LogP contribution is 2.14. The summed E-state index contributed by atoms with van der Waals surface area (Å²) >= 11 is 1.37. The summed E-state index contributed by atoms with van der Waals surface area (Å²) in [7, 11) is 0. The Labute approximate surface area is 117 Å². The normalized spacial score (nSPS) is 22.6. The van der Waals surface area contributed by atoms with Crippen molar-refractivity contribution in [1.82, 2.24) is 14.5 Å². The molecule has 2 unspecified atom stereocenters. The summed E-state index contributed by atoms with van der Waals surface area (Å²) in [6.45, 7) is 0.0306. The Morgan fingerprint density at radius 1 is 1.40 bits per heavy atom. The summed E-state index contributed by atoms with van der Waals surface area (Å²) in [5.41, 5.74) is -0.259. The van der Waals surface area contributed by atoms with Crippen LogP contribution in [0.5, 0.6) is 0 Å².